The van der Waals surface area contributed by atoms with Crippen molar-refractivity contribution < 1.29 is 0 Å². The van der Waals surface area contributed by atoms with Crippen LogP contribution < -0.4 is 4.90 Å². The quantitative estimate of drug-likeness (QED) is 0.131. The van der Waals surface area contributed by atoms with Crippen LogP contribution >= 0.6 is 0 Å². The van der Waals surface area contributed by atoms with Crippen LogP contribution in [0.5, 0.6) is 0 Å². The maximum atomic E-state index is 2.39. The first-order valence-corrected chi connectivity index (χ1v) is 23.1. The molecule has 12 aromatic rings. The summed E-state index contributed by atoms with van der Waals surface area (Å²) >= 11 is 0. The third-order valence-electron chi connectivity index (χ3n) is 13.3. The van der Waals surface area contributed by atoms with Crippen molar-refractivity contribution in [2.24, 2.45) is 0 Å². The molecule has 1 heteroatoms. The molecule has 12 aromatic carbocycles. The van der Waals surface area contributed by atoms with E-state index in [1.54, 1.807) is 0 Å². The minimum atomic E-state index is 1.08. The van der Waals surface area contributed by atoms with Gasteiger partial charge in [-0.15, -0.1) is 0 Å². The molecule has 1 nitrogen and oxygen atoms in total. The third-order valence-corrected chi connectivity index (χ3v) is 13.3. The molecule has 0 fully saturated rings. The summed E-state index contributed by atoms with van der Waals surface area (Å²) in [4.78, 5) is 2.39. The maximum Gasteiger partial charge on any atom is 0.0467 e. The molecule has 67 heavy (non-hydrogen) atoms. The van der Waals surface area contributed by atoms with Crippen LogP contribution in [-0.4, -0.2) is 0 Å². The zero-order valence-electron chi connectivity index (χ0n) is 36.9. The largest absolute Gasteiger partial charge is 0.310 e. The minimum Gasteiger partial charge on any atom is -0.310 e. The van der Waals surface area contributed by atoms with E-state index in [1.807, 2.05) is 0 Å². The van der Waals surface area contributed by atoms with Gasteiger partial charge in [0, 0.05) is 17.1 Å². The smallest absolute Gasteiger partial charge is 0.0467 e. The van der Waals surface area contributed by atoms with Crippen LogP contribution in [0.25, 0.3) is 99.1 Å². The van der Waals surface area contributed by atoms with Crippen molar-refractivity contribution in [3.8, 4) is 66.8 Å². The van der Waals surface area contributed by atoms with Gasteiger partial charge in [0.2, 0.25) is 0 Å². The molecular weight excluding hydrogens is 807 g/mol. The monoisotopic (exact) mass is 851 g/mol. The summed E-state index contributed by atoms with van der Waals surface area (Å²) in [6.07, 6.45) is 0. The van der Waals surface area contributed by atoms with E-state index in [2.05, 4.69) is 278 Å². The molecule has 0 N–H and O–H groups in total. The highest BCUT2D eigenvalue weighted by molar-refractivity contribution is 6.14. The summed E-state index contributed by atoms with van der Waals surface area (Å²) in [5.74, 6) is 0. The summed E-state index contributed by atoms with van der Waals surface area (Å²) in [6.45, 7) is 0. The van der Waals surface area contributed by atoms with Crippen LogP contribution in [0.3, 0.4) is 0 Å². The van der Waals surface area contributed by atoms with E-state index >= 15 is 0 Å². The highest BCUT2D eigenvalue weighted by atomic mass is 15.1. The lowest BCUT2D eigenvalue weighted by atomic mass is 9.87. The van der Waals surface area contributed by atoms with Crippen molar-refractivity contribution in [3.05, 3.63) is 273 Å². The molecule has 12 rings (SSSR count). The van der Waals surface area contributed by atoms with E-state index in [4.69, 9.17) is 0 Å². The topological polar surface area (TPSA) is 3.24 Å². The summed E-state index contributed by atoms with van der Waals surface area (Å²) in [5.41, 5.74) is 17.7. The van der Waals surface area contributed by atoms with E-state index in [0.717, 1.165) is 22.6 Å². The maximum absolute atomic E-state index is 2.39. The van der Waals surface area contributed by atoms with E-state index in [9.17, 15) is 0 Å². The number of nitrogens with zero attached hydrogens (tertiary/aromatic N) is 1. The predicted octanol–water partition coefficient (Wildman–Crippen LogP) is 18.6. The van der Waals surface area contributed by atoms with E-state index < -0.39 is 0 Å². The lowest BCUT2D eigenvalue weighted by Crippen LogP contribution is -2.10. The number of hydrogen-bond donors (Lipinski definition) is 0. The van der Waals surface area contributed by atoms with E-state index in [0.29, 0.717) is 0 Å². The standard InChI is InChI=1S/C66H45N/c1-2-18-46(19-3-1)56-26-8-10-29-60(56)63-32-13-14-33-64(63)61-30-11-9-27-57(61)48-36-40-52(41-37-48)67(54-24-16-23-50(44-54)58-35-17-22-47-20-4-6-25-55(47)58)53-42-38-49(39-43-53)66-45-51-21-5-7-28-59(51)62-31-12-15-34-65(62)66/h1-45H. The molecule has 0 aliphatic carbocycles. The van der Waals surface area contributed by atoms with Crippen molar-refractivity contribution in [1.29, 1.82) is 0 Å². The van der Waals surface area contributed by atoms with Gasteiger partial charge in [-0.3, -0.25) is 0 Å². The Morgan fingerprint density at radius 1 is 0.179 bits per heavy atom. The van der Waals surface area contributed by atoms with Gasteiger partial charge < -0.3 is 4.90 Å². The second kappa shape index (κ2) is 17.3. The van der Waals surface area contributed by atoms with Crippen molar-refractivity contribution in [2.75, 3.05) is 4.90 Å². The second-order valence-electron chi connectivity index (χ2n) is 17.2. The van der Waals surface area contributed by atoms with Gasteiger partial charge in [0.25, 0.3) is 0 Å². The Hall–Kier alpha value is -8.78. The predicted molar refractivity (Wildman–Crippen MR) is 286 cm³/mol. The van der Waals surface area contributed by atoms with Gasteiger partial charge in [0.05, 0.1) is 0 Å². The highest BCUT2D eigenvalue weighted by Crippen LogP contribution is 2.44. The van der Waals surface area contributed by atoms with Gasteiger partial charge in [-0.05, 0) is 142 Å². The van der Waals surface area contributed by atoms with Crippen LogP contribution in [0.2, 0.25) is 0 Å². The molecule has 0 saturated carbocycles. The first-order valence-electron chi connectivity index (χ1n) is 23.1. The van der Waals surface area contributed by atoms with Crippen LogP contribution in [0.15, 0.2) is 273 Å². The number of hydrogen-bond acceptors (Lipinski definition) is 1. The zero-order valence-corrected chi connectivity index (χ0v) is 36.9. The van der Waals surface area contributed by atoms with Crippen LogP contribution in [-0.2, 0) is 0 Å². The fraction of sp³-hybridized carbons (Fsp3) is 0. The summed E-state index contributed by atoms with van der Waals surface area (Å²) < 4.78 is 0. The molecule has 0 unspecified atom stereocenters. The van der Waals surface area contributed by atoms with Gasteiger partial charge in [-0.1, -0.05) is 231 Å². The van der Waals surface area contributed by atoms with Crippen molar-refractivity contribution >= 4 is 49.4 Å². The number of benzene rings is 12. The SMILES string of the molecule is c1ccc(-c2ccccc2-c2ccccc2-c2ccccc2-c2ccc(N(c3ccc(-c4cc5ccccc5c5ccccc45)cc3)c3cccc(-c4cccc5ccccc45)c3)cc2)cc1. The molecule has 0 amide bonds. The van der Waals surface area contributed by atoms with E-state index in [1.165, 1.54) is 93.5 Å². The molecular formula is C66H45N. The van der Waals surface area contributed by atoms with Crippen molar-refractivity contribution in [2.45, 2.75) is 0 Å². The van der Waals surface area contributed by atoms with Crippen molar-refractivity contribution in [3.63, 3.8) is 0 Å². The van der Waals surface area contributed by atoms with E-state index in [-0.39, 0.29) is 0 Å². The Morgan fingerprint density at radius 2 is 0.582 bits per heavy atom. The zero-order chi connectivity index (χ0) is 44.5. The third kappa shape index (κ3) is 7.43. The van der Waals surface area contributed by atoms with Gasteiger partial charge >= 0.3 is 0 Å². The molecule has 0 aromatic heterocycles. The molecule has 0 spiro atoms. The van der Waals surface area contributed by atoms with Gasteiger partial charge in [0.1, 0.15) is 0 Å². The number of rotatable bonds is 9. The average molecular weight is 852 g/mol. The van der Waals surface area contributed by atoms with Crippen LogP contribution in [0.4, 0.5) is 17.1 Å². The molecule has 0 saturated heterocycles. The average Bonchev–Trinajstić information content (AvgIpc) is 3.41. The lowest BCUT2D eigenvalue weighted by molar-refractivity contribution is 1.28. The molecule has 0 atom stereocenters. The Balaban J connectivity index is 0.964. The second-order valence-corrected chi connectivity index (χ2v) is 17.2. The molecule has 0 aliphatic heterocycles. The molecule has 0 aliphatic rings. The Morgan fingerprint density at radius 3 is 1.21 bits per heavy atom. The summed E-state index contributed by atoms with van der Waals surface area (Å²) in [6, 6.07) is 99.4. The fourth-order valence-corrected chi connectivity index (χ4v) is 10.1. The first-order chi connectivity index (χ1) is 33.2. The molecule has 0 radical (unpaired) electrons. The van der Waals surface area contributed by atoms with Crippen LogP contribution in [0.1, 0.15) is 0 Å². The van der Waals surface area contributed by atoms with Crippen molar-refractivity contribution in [1.82, 2.24) is 0 Å². The lowest BCUT2D eigenvalue weighted by Gasteiger charge is -2.27. The minimum absolute atomic E-state index is 1.08. The number of anilines is 3. The normalized spacial score (nSPS) is 11.3. The molecule has 0 heterocycles. The van der Waals surface area contributed by atoms with Gasteiger partial charge in [-0.2, -0.15) is 0 Å². The Kier molecular flexibility index (Phi) is 10.3. The molecule has 314 valence electrons. The fourth-order valence-electron chi connectivity index (χ4n) is 10.1. The number of fused-ring (bicyclic) bond motifs is 4. The Labute approximate surface area is 392 Å². The highest BCUT2D eigenvalue weighted by Gasteiger charge is 2.19. The Bertz CT molecular complexity index is 3730. The first kappa shape index (κ1) is 39.8. The molecule has 0 bridgehead atoms. The van der Waals surface area contributed by atoms with Crippen LogP contribution in [0, 0.1) is 0 Å². The summed E-state index contributed by atoms with van der Waals surface area (Å²) in [5, 5.41) is 7.53. The van der Waals surface area contributed by atoms with Gasteiger partial charge in [-0.25, -0.2) is 0 Å². The van der Waals surface area contributed by atoms with Gasteiger partial charge in [0.15, 0.2) is 0 Å². The summed E-state index contributed by atoms with van der Waals surface area (Å²) in [7, 11) is 0.